The van der Waals surface area contributed by atoms with Gasteiger partial charge >= 0.3 is 29.8 Å². The number of aromatic nitrogens is 2. The minimum absolute atomic E-state index is 0.119. The fraction of sp³-hybridized carbons (Fsp3) is 0.0417. The molecule has 11 heteroatoms. The van der Waals surface area contributed by atoms with Crippen molar-refractivity contribution in [3.05, 3.63) is 90.1 Å². The van der Waals surface area contributed by atoms with Gasteiger partial charge in [-0.25, -0.2) is 4.39 Å². The van der Waals surface area contributed by atoms with E-state index in [2.05, 4.69) is 20.8 Å². The second-order valence-corrected chi connectivity index (χ2v) is 7.28. The van der Waals surface area contributed by atoms with Gasteiger partial charge in [-0.3, -0.25) is 14.4 Å². The molecule has 0 unspecified atom stereocenters. The van der Waals surface area contributed by atoms with Gasteiger partial charge in [0, 0.05) is 5.69 Å². The highest BCUT2D eigenvalue weighted by atomic mass is 19.1. The summed E-state index contributed by atoms with van der Waals surface area (Å²) >= 11 is 0. The topological polar surface area (TPSA) is 155 Å². The highest BCUT2D eigenvalue weighted by Crippen LogP contribution is 2.25. The van der Waals surface area contributed by atoms with Crippen molar-refractivity contribution < 1.29 is 33.4 Å². The lowest BCUT2D eigenvalue weighted by Gasteiger charge is -2.09. The summed E-state index contributed by atoms with van der Waals surface area (Å²) in [4.78, 5) is 34.8. The fourth-order valence-corrected chi connectivity index (χ4v) is 3.23. The van der Waals surface area contributed by atoms with Crippen molar-refractivity contribution in [3.63, 3.8) is 0 Å². The van der Waals surface area contributed by atoms with Gasteiger partial charge in [0.05, 0.1) is 5.69 Å². The van der Waals surface area contributed by atoms with Crippen molar-refractivity contribution in [2.75, 3.05) is 10.6 Å². The maximum absolute atomic E-state index is 13.7. The van der Waals surface area contributed by atoms with Crippen LogP contribution in [-0.4, -0.2) is 38.3 Å². The van der Waals surface area contributed by atoms with Gasteiger partial charge < -0.3 is 25.3 Å². The first-order valence-electron chi connectivity index (χ1n) is 10.1. The minimum Gasteiger partial charge on any atom is -0.480 e. The lowest BCUT2D eigenvalue weighted by molar-refractivity contribution is -0.150. The molecule has 0 radical (unpaired) electrons. The summed E-state index contributed by atoms with van der Waals surface area (Å²) in [6, 6.07) is 18.6. The second kappa shape index (κ2) is 9.83. The monoisotopic (exact) mass is 476 g/mol. The third-order valence-electron chi connectivity index (χ3n) is 4.95. The number of hydrogen-bond donors (Lipinski definition) is 4. The first kappa shape index (κ1) is 23.1. The Kier molecular flexibility index (Phi) is 6.49. The van der Waals surface area contributed by atoms with E-state index in [-0.39, 0.29) is 23.2 Å². The summed E-state index contributed by atoms with van der Waals surface area (Å²) in [5.41, 5.74) is 2.19. The molecule has 0 atom stereocenters. The van der Waals surface area contributed by atoms with Crippen LogP contribution in [0.2, 0.25) is 0 Å². The van der Waals surface area contributed by atoms with Crippen molar-refractivity contribution >= 4 is 35.2 Å². The number of nitrogens with zero attached hydrogens (tertiary/aromatic N) is 2. The standard InChI is InChI=1S/C24H17FN4O6/c25-17-3-1-2-4-18(17)27-24-29-28-21(35-24)20(30)26-16-11-9-14(10-12-16)13-5-7-15(8-6-13)19(22(31)32)23(33)34/h1-12,19H,(H,26,30)(H,27,29)(H,31,32)(H,33,34). The number of hydrogen-bond acceptors (Lipinski definition) is 7. The average Bonchev–Trinajstić information content (AvgIpc) is 3.30. The Balaban J connectivity index is 1.41. The zero-order chi connectivity index (χ0) is 24.9. The predicted octanol–water partition coefficient (Wildman–Crippen LogP) is 4.12. The third-order valence-corrected chi connectivity index (χ3v) is 4.95. The molecule has 0 bridgehead atoms. The number of rotatable bonds is 8. The molecule has 176 valence electrons. The molecule has 35 heavy (non-hydrogen) atoms. The zero-order valence-electron chi connectivity index (χ0n) is 17.8. The molecule has 1 aromatic heterocycles. The molecule has 1 amide bonds. The summed E-state index contributed by atoms with van der Waals surface area (Å²) in [5.74, 6) is -6.04. The number of carboxylic acid groups (broad SMARTS) is 2. The van der Waals surface area contributed by atoms with Crippen LogP contribution < -0.4 is 10.6 Å². The quantitative estimate of drug-likeness (QED) is 0.275. The molecule has 3 aromatic carbocycles. The van der Waals surface area contributed by atoms with Crippen LogP contribution in [0.1, 0.15) is 22.2 Å². The van der Waals surface area contributed by atoms with Crippen LogP contribution in [0.25, 0.3) is 11.1 Å². The lowest BCUT2D eigenvalue weighted by Crippen LogP contribution is -2.20. The highest BCUT2D eigenvalue weighted by molar-refractivity contribution is 6.01. The van der Waals surface area contributed by atoms with E-state index in [0.717, 1.165) is 11.1 Å². The van der Waals surface area contributed by atoms with E-state index in [0.29, 0.717) is 5.69 Å². The number of benzene rings is 3. The van der Waals surface area contributed by atoms with Crippen LogP contribution in [0.5, 0.6) is 0 Å². The summed E-state index contributed by atoms with van der Waals surface area (Å²) in [6.45, 7) is 0. The van der Waals surface area contributed by atoms with E-state index in [1.165, 1.54) is 30.3 Å². The number of carbonyl (C=O) groups is 3. The first-order valence-corrected chi connectivity index (χ1v) is 10.1. The van der Waals surface area contributed by atoms with Crippen LogP contribution in [-0.2, 0) is 9.59 Å². The van der Waals surface area contributed by atoms with Crippen molar-refractivity contribution in [3.8, 4) is 11.1 Å². The third kappa shape index (κ3) is 5.30. The Morgan fingerprint density at radius 3 is 2.03 bits per heavy atom. The summed E-state index contributed by atoms with van der Waals surface area (Å²) in [7, 11) is 0. The normalized spacial score (nSPS) is 10.7. The second-order valence-electron chi connectivity index (χ2n) is 7.28. The average molecular weight is 476 g/mol. The SMILES string of the molecule is O=C(Nc1ccc(-c2ccc(C(C(=O)O)C(=O)O)cc2)cc1)c1nnc(Nc2ccccc2F)o1. The van der Waals surface area contributed by atoms with Gasteiger partial charge in [-0.15, -0.1) is 5.10 Å². The lowest BCUT2D eigenvalue weighted by atomic mass is 9.96. The van der Waals surface area contributed by atoms with Crippen LogP contribution in [0, 0.1) is 5.82 Å². The molecule has 0 saturated carbocycles. The van der Waals surface area contributed by atoms with Crippen LogP contribution in [0.15, 0.2) is 77.2 Å². The van der Waals surface area contributed by atoms with Gasteiger partial charge in [0.2, 0.25) is 0 Å². The molecule has 0 aliphatic heterocycles. The largest absolute Gasteiger partial charge is 0.480 e. The molecule has 0 aliphatic carbocycles. The van der Waals surface area contributed by atoms with E-state index in [1.807, 2.05) is 0 Å². The fourth-order valence-electron chi connectivity index (χ4n) is 3.23. The smallest absolute Gasteiger partial charge is 0.322 e. The van der Waals surface area contributed by atoms with Gasteiger partial charge in [0.25, 0.3) is 0 Å². The van der Waals surface area contributed by atoms with Gasteiger partial charge in [-0.1, -0.05) is 53.6 Å². The van der Waals surface area contributed by atoms with E-state index < -0.39 is 29.6 Å². The van der Waals surface area contributed by atoms with Crippen LogP contribution in [0.4, 0.5) is 21.8 Å². The Hall–Kier alpha value is -5.06. The van der Waals surface area contributed by atoms with Crippen LogP contribution >= 0.6 is 0 Å². The molecular formula is C24H17FN4O6. The number of halogens is 1. The van der Waals surface area contributed by atoms with Crippen molar-refractivity contribution in [2.24, 2.45) is 0 Å². The van der Waals surface area contributed by atoms with Crippen LogP contribution in [0.3, 0.4) is 0 Å². The van der Waals surface area contributed by atoms with E-state index in [1.54, 1.807) is 42.5 Å². The molecule has 0 spiro atoms. The number of aliphatic carboxylic acids is 2. The predicted molar refractivity (Wildman–Crippen MR) is 122 cm³/mol. The molecule has 4 N–H and O–H groups in total. The van der Waals surface area contributed by atoms with E-state index in [4.69, 9.17) is 14.6 Å². The number of carbonyl (C=O) groups excluding carboxylic acids is 1. The van der Waals surface area contributed by atoms with Gasteiger partial charge in [0.1, 0.15) is 5.82 Å². The van der Waals surface area contributed by atoms with Gasteiger partial charge in [-0.2, -0.15) is 0 Å². The number of anilines is 3. The van der Waals surface area contributed by atoms with E-state index in [9.17, 15) is 18.8 Å². The Morgan fingerprint density at radius 1 is 0.829 bits per heavy atom. The van der Waals surface area contributed by atoms with Gasteiger partial charge in [-0.05, 0) is 41.0 Å². The zero-order valence-corrected chi connectivity index (χ0v) is 17.8. The summed E-state index contributed by atoms with van der Waals surface area (Å²) in [6.07, 6.45) is 0. The van der Waals surface area contributed by atoms with Gasteiger partial charge in [0.15, 0.2) is 5.92 Å². The summed E-state index contributed by atoms with van der Waals surface area (Å²) < 4.78 is 19.0. The van der Waals surface area contributed by atoms with Crippen molar-refractivity contribution in [2.45, 2.75) is 5.92 Å². The Morgan fingerprint density at radius 2 is 1.43 bits per heavy atom. The highest BCUT2D eigenvalue weighted by Gasteiger charge is 2.27. The Bertz CT molecular complexity index is 1370. The molecule has 10 nitrogen and oxygen atoms in total. The first-order chi connectivity index (χ1) is 16.8. The maximum Gasteiger partial charge on any atom is 0.322 e. The summed E-state index contributed by atoms with van der Waals surface area (Å²) in [5, 5.41) is 30.7. The minimum atomic E-state index is -1.64. The Labute approximate surface area is 197 Å². The molecule has 1 heterocycles. The molecular weight excluding hydrogens is 459 g/mol. The van der Waals surface area contributed by atoms with Crippen molar-refractivity contribution in [1.82, 2.24) is 10.2 Å². The molecule has 4 aromatic rings. The molecule has 0 saturated heterocycles. The number of carboxylic acids is 2. The van der Waals surface area contributed by atoms with E-state index >= 15 is 0 Å². The number of amides is 1. The maximum atomic E-state index is 13.7. The van der Waals surface area contributed by atoms with Crippen molar-refractivity contribution in [1.29, 1.82) is 0 Å². The molecule has 0 aliphatic rings. The number of nitrogens with one attached hydrogen (secondary N) is 2. The molecule has 4 rings (SSSR count). The number of para-hydroxylation sites is 1. The molecule has 0 fully saturated rings.